The van der Waals surface area contributed by atoms with Gasteiger partial charge >= 0.3 is 18.2 Å². The number of rotatable bonds is 4. The van der Waals surface area contributed by atoms with E-state index in [1.807, 2.05) is 0 Å². The number of aryl methyl sites for hydroxylation is 1. The standard InChI is InChI=1S/C11H11F2NO3.C6H14.C2H2N2O4/c1-6-9(10(15)16)2-7(5-14-6)17-8-3-11(12,13)4-8;1-5(2)6(3)4;5-1(6)3-4-2(7)8/h2,5,8H,3-4H2,1H3,(H,15,16);5-6H,1-4H3;(H,5,6)(H,7,8). The van der Waals surface area contributed by atoms with Crippen LogP contribution in [0.4, 0.5) is 18.4 Å². The van der Waals surface area contributed by atoms with Crippen LogP contribution in [-0.2, 0) is 0 Å². The Morgan fingerprint density at radius 1 is 1.06 bits per heavy atom. The summed E-state index contributed by atoms with van der Waals surface area (Å²) >= 11 is 0. The number of pyridine rings is 1. The number of carboxylic acids is 1. The Morgan fingerprint density at radius 3 is 1.84 bits per heavy atom. The van der Waals surface area contributed by atoms with Gasteiger partial charge in [-0.3, -0.25) is 4.98 Å². The summed E-state index contributed by atoms with van der Waals surface area (Å²) in [4.78, 5) is 33.4. The molecule has 0 saturated heterocycles. The second-order valence-corrected chi connectivity index (χ2v) is 7.37. The number of hydrogen-bond donors (Lipinski definition) is 3. The van der Waals surface area contributed by atoms with Crippen molar-refractivity contribution in [3.05, 3.63) is 23.5 Å². The molecule has 1 heterocycles. The minimum absolute atomic E-state index is 0.0218. The van der Waals surface area contributed by atoms with Crippen LogP contribution >= 0.6 is 0 Å². The fourth-order valence-corrected chi connectivity index (χ4v) is 1.76. The lowest BCUT2D eigenvalue weighted by Crippen LogP contribution is -2.43. The quantitative estimate of drug-likeness (QED) is 0.520. The minimum Gasteiger partial charge on any atom is -0.488 e. The smallest absolute Gasteiger partial charge is 0.450 e. The average molecular weight is 447 g/mol. The summed E-state index contributed by atoms with van der Waals surface area (Å²) in [6.07, 6.45) is -3.11. The number of azo groups is 1. The summed E-state index contributed by atoms with van der Waals surface area (Å²) in [6, 6.07) is 1.31. The summed E-state index contributed by atoms with van der Waals surface area (Å²) in [5, 5.41) is 28.7. The van der Waals surface area contributed by atoms with Crippen molar-refractivity contribution >= 4 is 18.2 Å². The Hall–Kier alpha value is -3.18. The molecule has 0 aromatic carbocycles. The molecule has 0 spiro atoms. The van der Waals surface area contributed by atoms with Crippen LogP contribution < -0.4 is 4.74 Å². The Labute approximate surface area is 178 Å². The van der Waals surface area contributed by atoms with E-state index in [-0.39, 0.29) is 24.2 Å². The van der Waals surface area contributed by atoms with Gasteiger partial charge in [-0.05, 0) is 24.8 Å². The van der Waals surface area contributed by atoms with E-state index in [0.717, 1.165) is 11.8 Å². The summed E-state index contributed by atoms with van der Waals surface area (Å²) in [7, 11) is 0. The number of alkyl halides is 2. The van der Waals surface area contributed by atoms with Gasteiger partial charge < -0.3 is 20.1 Å². The van der Waals surface area contributed by atoms with E-state index in [2.05, 4.69) is 42.9 Å². The fraction of sp³-hybridized carbons (Fsp3) is 0.579. The molecule has 1 saturated carbocycles. The lowest BCUT2D eigenvalue weighted by Gasteiger charge is -2.34. The third kappa shape index (κ3) is 12.2. The van der Waals surface area contributed by atoms with Crippen molar-refractivity contribution in [2.24, 2.45) is 22.1 Å². The number of ether oxygens (including phenoxy) is 1. The number of carboxylic acid groups (broad SMARTS) is 3. The molecule has 10 nitrogen and oxygen atoms in total. The predicted octanol–water partition coefficient (Wildman–Crippen LogP) is 5.36. The molecule has 1 aromatic heterocycles. The minimum atomic E-state index is -2.65. The van der Waals surface area contributed by atoms with Crippen molar-refractivity contribution in [3.8, 4) is 5.75 Å². The highest BCUT2D eigenvalue weighted by Gasteiger charge is 2.47. The lowest BCUT2D eigenvalue weighted by atomic mass is 9.91. The van der Waals surface area contributed by atoms with Gasteiger partial charge in [0.2, 0.25) is 0 Å². The van der Waals surface area contributed by atoms with Crippen LogP contribution in [0.1, 0.15) is 56.6 Å². The maximum Gasteiger partial charge on any atom is 0.450 e. The average Bonchev–Trinajstić information content (AvgIpc) is 2.60. The lowest BCUT2D eigenvalue weighted by molar-refractivity contribution is -0.134. The third-order valence-corrected chi connectivity index (χ3v) is 4.20. The van der Waals surface area contributed by atoms with E-state index < -0.39 is 30.2 Å². The monoisotopic (exact) mass is 447 g/mol. The van der Waals surface area contributed by atoms with Crippen LogP contribution in [0.15, 0.2) is 22.5 Å². The summed E-state index contributed by atoms with van der Waals surface area (Å²) in [6.45, 7) is 10.5. The Balaban J connectivity index is 0.000000537. The Bertz CT molecular complexity index is 769. The van der Waals surface area contributed by atoms with E-state index in [9.17, 15) is 23.2 Å². The largest absolute Gasteiger partial charge is 0.488 e. The van der Waals surface area contributed by atoms with E-state index in [1.165, 1.54) is 12.3 Å². The molecule has 0 radical (unpaired) electrons. The molecule has 0 bridgehead atoms. The highest BCUT2D eigenvalue weighted by atomic mass is 19.3. The van der Waals surface area contributed by atoms with Crippen LogP contribution in [-0.4, -0.2) is 50.5 Å². The van der Waals surface area contributed by atoms with Gasteiger partial charge in [-0.1, -0.05) is 37.9 Å². The summed E-state index contributed by atoms with van der Waals surface area (Å²) in [5.41, 5.74) is 0.386. The van der Waals surface area contributed by atoms with Gasteiger partial charge in [0.15, 0.2) is 0 Å². The van der Waals surface area contributed by atoms with E-state index in [1.54, 1.807) is 6.92 Å². The van der Waals surface area contributed by atoms with Gasteiger partial charge in [-0.25, -0.2) is 23.2 Å². The fourth-order valence-electron chi connectivity index (χ4n) is 1.76. The van der Waals surface area contributed by atoms with Crippen molar-refractivity contribution in [3.63, 3.8) is 0 Å². The molecule has 0 atom stereocenters. The first kappa shape index (κ1) is 27.8. The highest BCUT2D eigenvalue weighted by Crippen LogP contribution is 2.39. The van der Waals surface area contributed by atoms with Crippen LogP contribution in [0, 0.1) is 18.8 Å². The van der Waals surface area contributed by atoms with Gasteiger partial charge in [0.25, 0.3) is 5.92 Å². The van der Waals surface area contributed by atoms with Crippen molar-refractivity contribution in [1.29, 1.82) is 0 Å². The first-order valence-corrected chi connectivity index (χ1v) is 9.26. The van der Waals surface area contributed by atoms with Crippen molar-refractivity contribution in [2.45, 2.75) is 59.5 Å². The van der Waals surface area contributed by atoms with Crippen molar-refractivity contribution in [2.75, 3.05) is 0 Å². The molecule has 0 aliphatic heterocycles. The second-order valence-electron chi connectivity index (χ2n) is 7.37. The molecular formula is C19H27F2N3O7. The molecule has 1 aliphatic rings. The van der Waals surface area contributed by atoms with Crippen LogP contribution in [0.2, 0.25) is 0 Å². The Morgan fingerprint density at radius 2 is 1.52 bits per heavy atom. The predicted molar refractivity (Wildman–Crippen MR) is 105 cm³/mol. The molecule has 1 fully saturated rings. The summed E-state index contributed by atoms with van der Waals surface area (Å²) < 4.78 is 30.4. The van der Waals surface area contributed by atoms with Crippen LogP contribution in [0.25, 0.3) is 0 Å². The molecule has 12 heteroatoms. The van der Waals surface area contributed by atoms with Gasteiger partial charge in [-0.15, -0.1) is 0 Å². The molecule has 1 aliphatic carbocycles. The highest BCUT2D eigenvalue weighted by molar-refractivity contribution is 5.89. The third-order valence-electron chi connectivity index (χ3n) is 4.20. The molecule has 0 unspecified atom stereocenters. The molecule has 2 rings (SSSR count). The number of halogens is 2. The van der Waals surface area contributed by atoms with Gasteiger partial charge in [-0.2, -0.15) is 0 Å². The second kappa shape index (κ2) is 12.5. The van der Waals surface area contributed by atoms with Crippen LogP contribution in [0.3, 0.4) is 0 Å². The van der Waals surface area contributed by atoms with Crippen LogP contribution in [0.5, 0.6) is 5.75 Å². The number of amides is 2. The number of aromatic nitrogens is 1. The first-order valence-electron chi connectivity index (χ1n) is 9.26. The molecule has 1 aromatic rings. The number of hydrogen-bond acceptors (Lipinski definition) is 5. The van der Waals surface area contributed by atoms with Crippen molar-refractivity contribution < 1.29 is 43.2 Å². The van der Waals surface area contributed by atoms with E-state index in [0.29, 0.717) is 5.69 Å². The van der Waals surface area contributed by atoms with Crippen molar-refractivity contribution in [1.82, 2.24) is 4.98 Å². The van der Waals surface area contributed by atoms with E-state index in [4.69, 9.17) is 20.1 Å². The SMILES string of the molecule is CC(C)C(C)C.Cc1ncc(OC2CC(F)(F)C2)cc1C(=O)O.O=C(O)N=NC(=O)O. The van der Waals surface area contributed by atoms with Gasteiger partial charge in [0, 0.05) is 12.8 Å². The molecule has 3 N–H and O–H groups in total. The molecular weight excluding hydrogens is 420 g/mol. The number of carbonyl (C=O) groups is 3. The zero-order chi connectivity index (χ0) is 24.4. The first-order chi connectivity index (χ1) is 14.1. The summed E-state index contributed by atoms with van der Waals surface area (Å²) in [5.74, 6) is -1.85. The number of aromatic carboxylic acids is 1. The molecule has 174 valence electrons. The zero-order valence-corrected chi connectivity index (χ0v) is 17.9. The maximum absolute atomic E-state index is 12.6. The number of nitrogens with zero attached hydrogens (tertiary/aromatic N) is 3. The maximum atomic E-state index is 12.6. The normalized spacial score (nSPS) is 14.7. The molecule has 2 amide bonds. The zero-order valence-electron chi connectivity index (χ0n) is 17.9. The van der Waals surface area contributed by atoms with E-state index >= 15 is 0 Å². The molecule has 31 heavy (non-hydrogen) atoms. The van der Waals surface area contributed by atoms with Gasteiger partial charge in [0.1, 0.15) is 11.9 Å². The van der Waals surface area contributed by atoms with Gasteiger partial charge in [0.05, 0.1) is 17.5 Å². The topological polar surface area (TPSA) is 159 Å². The Kier molecular flexibility index (Phi) is 11.2.